The lowest BCUT2D eigenvalue weighted by Crippen LogP contribution is -2.59. The summed E-state index contributed by atoms with van der Waals surface area (Å²) in [5, 5.41) is 12.8. The lowest BCUT2D eigenvalue weighted by molar-refractivity contribution is -0.179. The van der Waals surface area contributed by atoms with Crippen LogP contribution >= 0.6 is 0 Å². The second-order valence-electron chi connectivity index (χ2n) is 20.7. The number of carbonyl (C=O) groups excluding carboxylic acids is 5. The summed E-state index contributed by atoms with van der Waals surface area (Å²) in [6, 6.07) is 38.5. The molecular weight excluding hydrogens is 1020 g/mol. The number of ether oxygens (including phenoxy) is 6. The van der Waals surface area contributed by atoms with E-state index in [1.54, 1.807) is 74.4 Å². The van der Waals surface area contributed by atoms with Gasteiger partial charge in [0.1, 0.15) is 41.7 Å². The number of benzene rings is 6. The van der Waals surface area contributed by atoms with Crippen LogP contribution in [-0.4, -0.2) is 122 Å². The first-order valence-electron chi connectivity index (χ1n) is 26.8. The van der Waals surface area contributed by atoms with E-state index in [9.17, 15) is 9.90 Å². The maximum Gasteiger partial charge on any atom is 0.329 e. The van der Waals surface area contributed by atoms with Crippen LogP contribution < -0.4 is 29.2 Å². The van der Waals surface area contributed by atoms with E-state index in [1.165, 1.54) is 7.11 Å². The average Bonchev–Trinajstić information content (AvgIpc) is 4.18. The normalized spacial score (nSPS) is 22.4. The zero-order valence-corrected chi connectivity index (χ0v) is 44.8. The summed E-state index contributed by atoms with van der Waals surface area (Å²) in [6.45, 7) is 5.22. The van der Waals surface area contributed by atoms with Crippen LogP contribution in [-0.2, 0) is 40.6 Å². The Kier molecular flexibility index (Phi) is 15.0. The third kappa shape index (κ3) is 9.73. The van der Waals surface area contributed by atoms with Crippen LogP contribution in [0, 0.1) is 23.7 Å². The Labute approximate surface area is 463 Å². The van der Waals surface area contributed by atoms with Gasteiger partial charge in [-0.05, 0) is 100 Å². The molecule has 4 amide bonds. The van der Waals surface area contributed by atoms with Crippen LogP contribution in [0.5, 0.6) is 23.0 Å². The highest BCUT2D eigenvalue weighted by Gasteiger charge is 2.76. The fourth-order valence-electron chi connectivity index (χ4n) is 12.2. The van der Waals surface area contributed by atoms with Crippen molar-refractivity contribution >= 4 is 35.5 Å². The molecule has 17 nitrogen and oxygen atoms in total. The van der Waals surface area contributed by atoms with Crippen molar-refractivity contribution in [3.8, 4) is 34.8 Å². The van der Waals surface area contributed by atoms with Crippen molar-refractivity contribution in [3.05, 3.63) is 185 Å². The van der Waals surface area contributed by atoms with Gasteiger partial charge in [-0.3, -0.25) is 24.2 Å². The van der Waals surface area contributed by atoms with E-state index in [0.29, 0.717) is 64.9 Å². The minimum atomic E-state index is -2.12. The Morgan fingerprint density at radius 1 is 0.738 bits per heavy atom. The number of piperazine rings is 1. The lowest BCUT2D eigenvalue weighted by Gasteiger charge is -2.46. The molecule has 80 heavy (non-hydrogen) atoms. The Morgan fingerprint density at radius 2 is 1.43 bits per heavy atom. The predicted octanol–water partition coefficient (Wildman–Crippen LogP) is 7.11. The molecule has 5 aliphatic rings. The van der Waals surface area contributed by atoms with Gasteiger partial charge in [-0.2, -0.15) is 0 Å². The van der Waals surface area contributed by atoms with Crippen molar-refractivity contribution in [2.75, 3.05) is 65.3 Å². The van der Waals surface area contributed by atoms with E-state index in [0.717, 1.165) is 16.0 Å². The van der Waals surface area contributed by atoms with Crippen molar-refractivity contribution in [1.29, 1.82) is 0 Å². The van der Waals surface area contributed by atoms with Gasteiger partial charge in [0.15, 0.2) is 11.5 Å². The van der Waals surface area contributed by atoms with Crippen molar-refractivity contribution in [3.63, 3.8) is 0 Å². The number of urea groups is 1. The van der Waals surface area contributed by atoms with Gasteiger partial charge in [-0.25, -0.2) is 14.5 Å². The van der Waals surface area contributed by atoms with E-state index in [-0.39, 0.29) is 44.3 Å². The monoisotopic (exact) mass is 1080 g/mol. The molecule has 1 spiro atoms. The number of rotatable bonds is 13. The largest absolute Gasteiger partial charge is 0.497 e. The summed E-state index contributed by atoms with van der Waals surface area (Å²) in [4.78, 5) is 85.2. The molecule has 0 saturated carbocycles. The number of aliphatic hydroxyl groups excluding tert-OH is 1. The number of anilines is 1. The van der Waals surface area contributed by atoms with Crippen LogP contribution in [0.3, 0.4) is 0 Å². The SMILES string of the molecule is COC(=O)[C@@H](NC(=O)N1C(=O)[C@@]2(c3cc(C#Cc4ccc(OC)cc4)ccc31)[C@H](C(=O)N1CCN(Cc3ccc4c(c3)OCO4)CC1)[C@H]1C(=O)O[C@H](c3ccccc3)[C@H](c3ccccc3)N1[C@@H]2c1cccc(OCCO)c1)C(C)C. The minimum Gasteiger partial charge on any atom is -0.497 e. The number of esters is 2. The van der Waals surface area contributed by atoms with E-state index >= 15 is 19.2 Å². The number of hydrogen-bond acceptors (Lipinski definition) is 14. The van der Waals surface area contributed by atoms with Crippen molar-refractivity contribution in [2.24, 2.45) is 11.8 Å². The first kappa shape index (κ1) is 53.3. The van der Waals surface area contributed by atoms with Crippen molar-refractivity contribution < 1.29 is 57.5 Å². The van der Waals surface area contributed by atoms with Gasteiger partial charge in [0, 0.05) is 43.9 Å². The summed E-state index contributed by atoms with van der Waals surface area (Å²) in [7, 11) is 2.80. The predicted molar refractivity (Wildman–Crippen MR) is 294 cm³/mol. The Hall–Kier alpha value is -8.69. The number of nitrogens with zero attached hydrogens (tertiary/aromatic N) is 4. The van der Waals surface area contributed by atoms with E-state index in [2.05, 4.69) is 22.1 Å². The summed E-state index contributed by atoms with van der Waals surface area (Å²) < 4.78 is 34.6. The number of cyclic esters (lactones) is 1. The summed E-state index contributed by atoms with van der Waals surface area (Å²) in [6.07, 6.45) is -0.965. The number of amides is 4. The number of hydrogen-bond donors (Lipinski definition) is 2. The minimum absolute atomic E-state index is 0.0500. The van der Waals surface area contributed by atoms with E-state index in [4.69, 9.17) is 28.4 Å². The standard InChI is InChI=1S/C63H61N5O12/c1-39(2)53(59(71)76-4)64-62(74)67-49-26-22-41(19-18-40-20-24-46(75-3)25-21-40)34-48(49)63(61(67)73)52(58(70)66-30-28-65(29-31-66)37-42-23-27-50-51(35-42)79-38-78-50)55-60(72)80-56(44-14-9-6-10-15-44)54(43-12-7-5-8-13-43)68(55)57(63)45-16-11-17-47(36-45)77-33-32-69/h5-17,20-27,34-36,39,52-57,69H,28-33,37-38H2,1-4H3,(H,64,74)/t52-,53-,54-,55-,56+,57+,63-/m0/s1. The van der Waals surface area contributed by atoms with Crippen molar-refractivity contribution in [1.82, 2.24) is 20.0 Å². The molecule has 3 fully saturated rings. The highest BCUT2D eigenvalue weighted by Crippen LogP contribution is 2.66. The van der Waals surface area contributed by atoms with Crippen LogP contribution in [0.2, 0.25) is 0 Å². The molecular formula is C63H61N5O12. The second-order valence-corrected chi connectivity index (χ2v) is 20.7. The van der Waals surface area contributed by atoms with Gasteiger partial charge in [0.05, 0.1) is 44.5 Å². The maximum atomic E-state index is 17.0. The highest BCUT2D eigenvalue weighted by atomic mass is 16.7. The molecule has 0 bridgehead atoms. The third-order valence-corrected chi connectivity index (χ3v) is 15.8. The summed E-state index contributed by atoms with van der Waals surface area (Å²) in [5.74, 6) is 4.07. The Morgan fingerprint density at radius 3 is 2.12 bits per heavy atom. The van der Waals surface area contributed by atoms with E-state index in [1.807, 2.05) is 102 Å². The fourth-order valence-corrected chi connectivity index (χ4v) is 12.2. The topological polar surface area (TPSA) is 186 Å². The molecule has 17 heteroatoms. The molecule has 2 N–H and O–H groups in total. The van der Waals surface area contributed by atoms with Gasteiger partial charge in [-0.15, -0.1) is 0 Å². The quantitative estimate of drug-likeness (QED) is 0.0881. The van der Waals surface area contributed by atoms with Gasteiger partial charge in [0.2, 0.25) is 18.6 Å². The number of carbonyl (C=O) groups is 5. The smallest absolute Gasteiger partial charge is 0.329 e. The number of aliphatic hydroxyl groups is 1. The number of fused-ring (bicyclic) bond motifs is 4. The molecule has 410 valence electrons. The van der Waals surface area contributed by atoms with Gasteiger partial charge >= 0.3 is 18.0 Å². The number of methoxy groups -OCH3 is 2. The molecule has 6 aromatic rings. The van der Waals surface area contributed by atoms with Crippen LogP contribution in [0.4, 0.5) is 10.5 Å². The van der Waals surface area contributed by atoms with Crippen LogP contribution in [0.15, 0.2) is 146 Å². The molecule has 6 aromatic carbocycles. The van der Waals surface area contributed by atoms with Crippen molar-refractivity contribution in [2.45, 2.75) is 56.1 Å². The fraction of sp³-hybridized carbons (Fsp3) is 0.317. The first-order valence-corrected chi connectivity index (χ1v) is 26.8. The number of morpholine rings is 1. The lowest BCUT2D eigenvalue weighted by atomic mass is 9.64. The molecule has 3 saturated heterocycles. The zero-order chi connectivity index (χ0) is 55.7. The van der Waals surface area contributed by atoms with Gasteiger partial charge in [-0.1, -0.05) is 105 Å². The maximum absolute atomic E-state index is 17.0. The molecule has 0 aromatic heterocycles. The molecule has 5 heterocycles. The van der Waals surface area contributed by atoms with Gasteiger partial charge < -0.3 is 43.7 Å². The highest BCUT2D eigenvalue weighted by molar-refractivity contribution is 6.25. The number of nitrogens with one attached hydrogen (secondary N) is 1. The summed E-state index contributed by atoms with van der Waals surface area (Å²) >= 11 is 0. The Bertz CT molecular complexity index is 3380. The summed E-state index contributed by atoms with van der Waals surface area (Å²) in [5.41, 5.74) is 2.26. The van der Waals surface area contributed by atoms with Crippen LogP contribution in [0.1, 0.15) is 71.0 Å². The van der Waals surface area contributed by atoms with Crippen LogP contribution in [0.25, 0.3) is 0 Å². The first-order chi connectivity index (χ1) is 38.9. The molecule has 5 aliphatic heterocycles. The molecule has 0 unspecified atom stereocenters. The third-order valence-electron chi connectivity index (χ3n) is 15.8. The number of imide groups is 1. The molecule has 7 atom stereocenters. The van der Waals surface area contributed by atoms with E-state index < -0.39 is 77.3 Å². The zero-order valence-electron chi connectivity index (χ0n) is 44.8. The second kappa shape index (κ2) is 22.6. The average molecular weight is 1080 g/mol. The molecule has 0 aliphatic carbocycles. The Balaban J connectivity index is 1.14. The molecule has 11 rings (SSSR count). The molecule has 0 radical (unpaired) electrons. The van der Waals surface area contributed by atoms with Gasteiger partial charge in [0.25, 0.3) is 0 Å².